The van der Waals surface area contributed by atoms with Gasteiger partial charge in [-0.05, 0) is 67.3 Å². The number of carbonyl (C=O) groups excluding carboxylic acids is 2. The molecule has 4 atom stereocenters. The second-order valence-electron chi connectivity index (χ2n) is 9.73. The lowest BCUT2D eigenvalue weighted by atomic mass is 9.48. The third-order valence-corrected chi connectivity index (χ3v) is 7.25. The van der Waals surface area contributed by atoms with E-state index in [1.165, 1.54) is 45.1 Å². The molecule has 0 saturated heterocycles. The van der Waals surface area contributed by atoms with Crippen molar-refractivity contribution in [1.82, 2.24) is 0 Å². The van der Waals surface area contributed by atoms with Crippen LogP contribution >= 0.6 is 0 Å². The molecule has 0 radical (unpaired) electrons. The number of hydrogen-bond donors (Lipinski definition) is 0. The number of rotatable bonds is 7. The number of carbonyl (C=O) groups is 2. The minimum Gasteiger partial charge on any atom is -0.462 e. The third-order valence-electron chi connectivity index (χ3n) is 7.25. The maximum absolute atomic E-state index is 11.5. The van der Waals surface area contributed by atoms with Crippen LogP contribution in [0.5, 0.6) is 0 Å². The van der Waals surface area contributed by atoms with Crippen molar-refractivity contribution < 1.29 is 19.1 Å². The fourth-order valence-corrected chi connectivity index (χ4v) is 5.81. The quantitative estimate of drug-likeness (QED) is 0.418. The predicted octanol–water partition coefficient (Wildman–Crippen LogP) is 5.62. The first-order chi connectivity index (χ1) is 13.0. The molecule has 0 spiro atoms. The first-order valence-electron chi connectivity index (χ1n) is 10.6. The van der Waals surface area contributed by atoms with Gasteiger partial charge in [-0.3, -0.25) is 9.59 Å². The van der Waals surface area contributed by atoms with Gasteiger partial charge in [0.15, 0.2) is 6.10 Å². The number of hydrogen-bond acceptors (Lipinski definition) is 4. The Morgan fingerprint density at radius 1 is 1.21 bits per heavy atom. The van der Waals surface area contributed by atoms with Crippen LogP contribution < -0.4 is 0 Å². The molecule has 28 heavy (non-hydrogen) atoms. The summed E-state index contributed by atoms with van der Waals surface area (Å²) in [4.78, 5) is 22.6. The summed E-state index contributed by atoms with van der Waals surface area (Å²) < 4.78 is 10.4. The highest BCUT2D eigenvalue weighted by molar-refractivity contribution is 5.67. The second-order valence-corrected chi connectivity index (χ2v) is 9.73. The third kappa shape index (κ3) is 5.07. The molecule has 2 aliphatic rings. The van der Waals surface area contributed by atoms with Crippen molar-refractivity contribution >= 4 is 11.9 Å². The maximum Gasteiger partial charge on any atom is 0.303 e. The van der Waals surface area contributed by atoms with Crippen LogP contribution in [0.1, 0.15) is 80.1 Å². The maximum atomic E-state index is 11.5. The van der Waals surface area contributed by atoms with Gasteiger partial charge in [0.2, 0.25) is 0 Å². The van der Waals surface area contributed by atoms with Gasteiger partial charge in [-0.2, -0.15) is 0 Å². The standard InChI is InChI=1S/C24H38O4/c1-16-10-12-22-23(5,6)13-8-14-24(22,7)20(16)11-9-17(2)21(28-19(4)26)15-27-18(3)25/h10,20-22H,2,8-9,11-15H2,1,3-7H3. The zero-order valence-electron chi connectivity index (χ0n) is 18.6. The second kappa shape index (κ2) is 8.84. The molecule has 0 bridgehead atoms. The number of ether oxygens (including phenoxy) is 2. The predicted molar refractivity (Wildman–Crippen MR) is 112 cm³/mol. The van der Waals surface area contributed by atoms with E-state index in [9.17, 15) is 9.59 Å². The van der Waals surface area contributed by atoms with Crippen LogP contribution in [0.2, 0.25) is 0 Å². The first-order valence-corrected chi connectivity index (χ1v) is 10.6. The molecule has 0 N–H and O–H groups in total. The Hall–Kier alpha value is -1.58. The molecule has 0 aromatic carbocycles. The van der Waals surface area contributed by atoms with Gasteiger partial charge >= 0.3 is 11.9 Å². The van der Waals surface area contributed by atoms with Crippen LogP contribution in [-0.4, -0.2) is 24.6 Å². The van der Waals surface area contributed by atoms with E-state index in [1.54, 1.807) is 0 Å². The molecule has 2 aliphatic carbocycles. The summed E-state index contributed by atoms with van der Waals surface area (Å²) in [7, 11) is 0. The SMILES string of the molecule is C=C(CCC1C(C)=CCC2C(C)(C)CCCC12C)C(COC(C)=O)OC(C)=O. The molecule has 1 saturated carbocycles. The number of allylic oxidation sites excluding steroid dienone is 2. The Balaban J connectivity index is 2.10. The van der Waals surface area contributed by atoms with Gasteiger partial charge < -0.3 is 9.47 Å². The summed E-state index contributed by atoms with van der Waals surface area (Å²) in [5, 5.41) is 0. The van der Waals surface area contributed by atoms with Crippen LogP contribution in [0.15, 0.2) is 23.8 Å². The lowest BCUT2D eigenvalue weighted by molar-refractivity contribution is -0.154. The molecular formula is C24H38O4. The van der Waals surface area contributed by atoms with Crippen molar-refractivity contribution in [3.8, 4) is 0 Å². The summed E-state index contributed by atoms with van der Waals surface area (Å²) in [5.74, 6) is 0.444. The first kappa shape index (κ1) is 22.7. The minimum absolute atomic E-state index is 0.0418. The van der Waals surface area contributed by atoms with E-state index in [-0.39, 0.29) is 18.5 Å². The molecule has 0 aromatic rings. The van der Waals surface area contributed by atoms with Crippen LogP contribution in [0.4, 0.5) is 0 Å². The molecular weight excluding hydrogens is 352 g/mol. The Morgan fingerprint density at radius 3 is 2.50 bits per heavy atom. The molecule has 4 unspecified atom stereocenters. The van der Waals surface area contributed by atoms with Crippen LogP contribution in [0, 0.1) is 22.7 Å². The summed E-state index contributed by atoms with van der Waals surface area (Å²) >= 11 is 0. The highest BCUT2D eigenvalue weighted by Gasteiger charge is 2.51. The van der Waals surface area contributed by atoms with E-state index < -0.39 is 6.10 Å². The molecule has 0 aromatic heterocycles. The number of fused-ring (bicyclic) bond motifs is 1. The molecule has 2 rings (SSSR count). The van der Waals surface area contributed by atoms with Crippen molar-refractivity contribution in [2.24, 2.45) is 22.7 Å². The van der Waals surface area contributed by atoms with Gasteiger partial charge in [-0.15, -0.1) is 0 Å². The smallest absolute Gasteiger partial charge is 0.303 e. The van der Waals surface area contributed by atoms with Crippen molar-refractivity contribution in [2.45, 2.75) is 86.2 Å². The summed E-state index contributed by atoms with van der Waals surface area (Å²) in [5.41, 5.74) is 2.97. The van der Waals surface area contributed by atoms with E-state index in [2.05, 4.69) is 40.3 Å². The molecule has 4 heteroatoms. The largest absolute Gasteiger partial charge is 0.462 e. The van der Waals surface area contributed by atoms with E-state index in [0.29, 0.717) is 22.7 Å². The highest BCUT2D eigenvalue weighted by atomic mass is 16.6. The lowest BCUT2D eigenvalue weighted by Gasteiger charge is -2.57. The van der Waals surface area contributed by atoms with Crippen LogP contribution in [0.3, 0.4) is 0 Å². The van der Waals surface area contributed by atoms with Gasteiger partial charge in [0.05, 0.1) is 0 Å². The Morgan fingerprint density at radius 2 is 1.89 bits per heavy atom. The molecule has 0 heterocycles. The van der Waals surface area contributed by atoms with E-state index in [0.717, 1.165) is 18.4 Å². The van der Waals surface area contributed by atoms with Gasteiger partial charge in [0.25, 0.3) is 0 Å². The Labute approximate surface area is 170 Å². The zero-order valence-corrected chi connectivity index (χ0v) is 18.6. The summed E-state index contributed by atoms with van der Waals surface area (Å²) in [6.45, 7) is 16.5. The topological polar surface area (TPSA) is 52.6 Å². The van der Waals surface area contributed by atoms with E-state index in [4.69, 9.17) is 9.47 Å². The molecule has 4 nitrogen and oxygen atoms in total. The molecule has 0 aliphatic heterocycles. The summed E-state index contributed by atoms with van der Waals surface area (Å²) in [6, 6.07) is 0. The highest BCUT2D eigenvalue weighted by Crippen LogP contribution is 2.60. The van der Waals surface area contributed by atoms with Crippen molar-refractivity contribution in [3.05, 3.63) is 23.8 Å². The normalized spacial score (nSPS) is 29.9. The minimum atomic E-state index is -0.569. The summed E-state index contributed by atoms with van der Waals surface area (Å²) in [6.07, 6.45) is 8.65. The fourth-order valence-electron chi connectivity index (χ4n) is 5.81. The number of esters is 2. The zero-order chi connectivity index (χ0) is 21.1. The van der Waals surface area contributed by atoms with Crippen molar-refractivity contribution in [2.75, 3.05) is 6.61 Å². The van der Waals surface area contributed by atoms with Crippen LogP contribution in [-0.2, 0) is 19.1 Å². The van der Waals surface area contributed by atoms with Crippen LogP contribution in [0.25, 0.3) is 0 Å². The van der Waals surface area contributed by atoms with E-state index in [1.807, 2.05) is 0 Å². The monoisotopic (exact) mass is 390 g/mol. The van der Waals surface area contributed by atoms with Gasteiger partial charge in [-0.1, -0.05) is 45.4 Å². The lowest BCUT2D eigenvalue weighted by Crippen LogP contribution is -2.48. The van der Waals surface area contributed by atoms with Gasteiger partial charge in [0, 0.05) is 13.8 Å². The molecule has 1 fully saturated rings. The molecule has 158 valence electrons. The Kier molecular flexibility index (Phi) is 7.17. The molecule has 0 amide bonds. The average molecular weight is 391 g/mol. The van der Waals surface area contributed by atoms with Gasteiger partial charge in [-0.25, -0.2) is 0 Å². The fraction of sp³-hybridized carbons (Fsp3) is 0.750. The average Bonchev–Trinajstić information content (AvgIpc) is 2.56. The van der Waals surface area contributed by atoms with Gasteiger partial charge in [0.1, 0.15) is 6.61 Å². The Bertz CT molecular complexity index is 645. The van der Waals surface area contributed by atoms with Crippen molar-refractivity contribution in [1.29, 1.82) is 0 Å². The van der Waals surface area contributed by atoms with E-state index >= 15 is 0 Å². The van der Waals surface area contributed by atoms with Crippen molar-refractivity contribution in [3.63, 3.8) is 0 Å².